The van der Waals surface area contributed by atoms with Crippen molar-refractivity contribution in [3.05, 3.63) is 40.9 Å². The minimum Gasteiger partial charge on any atom is -0.372 e. The van der Waals surface area contributed by atoms with Crippen LogP contribution in [0.2, 0.25) is 0 Å². The number of nitrogens with zero attached hydrogens (tertiary/aromatic N) is 1. The second-order valence-electron chi connectivity index (χ2n) is 5.01. The van der Waals surface area contributed by atoms with E-state index in [-0.39, 0.29) is 5.63 Å². The van der Waals surface area contributed by atoms with Gasteiger partial charge >= 0.3 is 5.63 Å². The van der Waals surface area contributed by atoms with Gasteiger partial charge in [0.25, 0.3) is 0 Å². The Morgan fingerprint density at radius 2 is 1.68 bits per heavy atom. The molecule has 4 heteroatoms. The van der Waals surface area contributed by atoms with Crippen molar-refractivity contribution in [3.63, 3.8) is 0 Å². The van der Waals surface area contributed by atoms with Gasteiger partial charge < -0.3 is 9.42 Å². The third-order valence-electron chi connectivity index (χ3n) is 3.72. The van der Waals surface area contributed by atoms with Crippen LogP contribution in [-0.4, -0.2) is 18.2 Å². The molecule has 3 rings (SSSR count). The number of aromatic amines is 1. The van der Waals surface area contributed by atoms with Gasteiger partial charge in [0.2, 0.25) is 0 Å². The maximum absolute atomic E-state index is 11.4. The number of hydrogen-bond acceptors (Lipinski definition) is 3. The summed E-state index contributed by atoms with van der Waals surface area (Å²) >= 11 is 0. The van der Waals surface area contributed by atoms with E-state index in [2.05, 4.69) is 22.2 Å². The molecule has 1 saturated heterocycles. The molecule has 0 bridgehead atoms. The van der Waals surface area contributed by atoms with Crippen molar-refractivity contribution in [1.82, 2.24) is 5.16 Å². The molecule has 19 heavy (non-hydrogen) atoms. The summed E-state index contributed by atoms with van der Waals surface area (Å²) in [6.45, 7) is 2.26. The van der Waals surface area contributed by atoms with Crippen LogP contribution in [0.5, 0.6) is 0 Å². The zero-order valence-electron chi connectivity index (χ0n) is 10.9. The van der Waals surface area contributed by atoms with E-state index in [0.717, 1.165) is 18.7 Å². The molecule has 2 heterocycles. The van der Waals surface area contributed by atoms with Crippen LogP contribution in [0.1, 0.15) is 25.7 Å². The summed E-state index contributed by atoms with van der Waals surface area (Å²) in [4.78, 5) is 13.9. The summed E-state index contributed by atoms with van der Waals surface area (Å²) < 4.78 is 4.69. The highest BCUT2D eigenvalue weighted by atomic mass is 16.5. The second kappa shape index (κ2) is 5.34. The summed E-state index contributed by atoms with van der Waals surface area (Å²) in [7, 11) is 0. The maximum atomic E-state index is 11.4. The van der Waals surface area contributed by atoms with Gasteiger partial charge in [0.1, 0.15) is 0 Å². The fourth-order valence-corrected chi connectivity index (χ4v) is 2.64. The molecule has 1 fully saturated rings. The Morgan fingerprint density at radius 3 is 2.26 bits per heavy atom. The smallest absolute Gasteiger partial charge is 0.364 e. The van der Waals surface area contributed by atoms with Crippen LogP contribution in [-0.2, 0) is 0 Å². The number of benzene rings is 1. The van der Waals surface area contributed by atoms with Crippen LogP contribution >= 0.6 is 0 Å². The fourth-order valence-electron chi connectivity index (χ4n) is 2.64. The molecule has 100 valence electrons. The predicted octanol–water partition coefficient (Wildman–Crippen LogP) is 3.02. The Balaban J connectivity index is 1.82. The quantitative estimate of drug-likeness (QED) is 0.900. The number of anilines is 1. The highest BCUT2D eigenvalue weighted by Gasteiger charge is 2.11. The lowest BCUT2D eigenvalue weighted by Gasteiger charge is -2.22. The Kier molecular flexibility index (Phi) is 3.40. The standard InChI is InChI=1S/C15H18N2O2/c18-15-14(11-16-19-15)12-5-7-13(8-6-12)17-9-3-1-2-4-10-17/h5-8,11,16H,1-4,9-10H2. The topological polar surface area (TPSA) is 49.2 Å². The zero-order valence-corrected chi connectivity index (χ0v) is 10.9. The molecule has 0 radical (unpaired) electrons. The van der Waals surface area contributed by atoms with Crippen molar-refractivity contribution >= 4 is 5.69 Å². The van der Waals surface area contributed by atoms with Crippen molar-refractivity contribution in [1.29, 1.82) is 0 Å². The van der Waals surface area contributed by atoms with Gasteiger partial charge in [-0.2, -0.15) is 0 Å². The maximum Gasteiger partial charge on any atom is 0.364 e. The third kappa shape index (κ3) is 2.57. The summed E-state index contributed by atoms with van der Waals surface area (Å²) in [6, 6.07) is 8.15. The van der Waals surface area contributed by atoms with E-state index in [1.54, 1.807) is 6.20 Å². The minimum absolute atomic E-state index is 0.317. The largest absolute Gasteiger partial charge is 0.372 e. The Morgan fingerprint density at radius 1 is 1.00 bits per heavy atom. The van der Waals surface area contributed by atoms with Gasteiger partial charge in [0.05, 0.1) is 11.8 Å². The molecule has 1 aromatic carbocycles. The molecular formula is C15H18N2O2. The average Bonchev–Trinajstić information content (AvgIpc) is 2.71. The van der Waals surface area contributed by atoms with Crippen LogP contribution in [0.3, 0.4) is 0 Å². The third-order valence-corrected chi connectivity index (χ3v) is 3.72. The first-order valence-electron chi connectivity index (χ1n) is 6.87. The van der Waals surface area contributed by atoms with Gasteiger partial charge in [-0.25, -0.2) is 9.95 Å². The van der Waals surface area contributed by atoms with Crippen molar-refractivity contribution in [2.75, 3.05) is 18.0 Å². The first-order valence-corrected chi connectivity index (χ1v) is 6.87. The fraction of sp³-hybridized carbons (Fsp3) is 0.400. The predicted molar refractivity (Wildman–Crippen MR) is 75.4 cm³/mol. The lowest BCUT2D eigenvalue weighted by Crippen LogP contribution is -2.23. The first-order chi connectivity index (χ1) is 9.34. The first kappa shape index (κ1) is 12.1. The lowest BCUT2D eigenvalue weighted by molar-refractivity contribution is 0.392. The normalized spacial score (nSPS) is 16.3. The van der Waals surface area contributed by atoms with Crippen LogP contribution in [0, 0.1) is 0 Å². The van der Waals surface area contributed by atoms with Crippen molar-refractivity contribution in [2.45, 2.75) is 25.7 Å². The van der Waals surface area contributed by atoms with E-state index in [1.807, 2.05) is 12.1 Å². The molecule has 0 atom stereocenters. The van der Waals surface area contributed by atoms with Crippen LogP contribution < -0.4 is 10.5 Å². The SMILES string of the molecule is O=c1o[nH]cc1-c1ccc(N2CCCCCC2)cc1. The molecule has 0 spiro atoms. The number of nitrogens with one attached hydrogen (secondary N) is 1. The van der Waals surface area contributed by atoms with E-state index in [1.165, 1.54) is 31.4 Å². The van der Waals surface area contributed by atoms with E-state index < -0.39 is 0 Å². The van der Waals surface area contributed by atoms with Gasteiger partial charge in [-0.05, 0) is 30.5 Å². The molecule has 1 N–H and O–H groups in total. The Bertz CT molecular complexity index is 575. The van der Waals surface area contributed by atoms with Crippen molar-refractivity contribution in [3.8, 4) is 11.1 Å². The van der Waals surface area contributed by atoms with E-state index in [4.69, 9.17) is 4.52 Å². The number of rotatable bonds is 2. The number of H-pyrrole nitrogens is 1. The Labute approximate surface area is 112 Å². The second-order valence-corrected chi connectivity index (χ2v) is 5.01. The Hall–Kier alpha value is -1.97. The van der Waals surface area contributed by atoms with E-state index >= 15 is 0 Å². The molecule has 0 saturated carbocycles. The van der Waals surface area contributed by atoms with Gasteiger partial charge in [0, 0.05) is 18.8 Å². The van der Waals surface area contributed by atoms with Gasteiger partial charge in [-0.1, -0.05) is 25.0 Å². The summed E-state index contributed by atoms with van der Waals surface area (Å²) in [6.07, 6.45) is 6.80. The summed E-state index contributed by atoms with van der Waals surface area (Å²) in [5, 5.41) is 2.48. The summed E-state index contributed by atoms with van der Waals surface area (Å²) in [5.41, 5.74) is 2.41. The molecule has 0 unspecified atom stereocenters. The van der Waals surface area contributed by atoms with Crippen molar-refractivity contribution < 1.29 is 4.52 Å². The van der Waals surface area contributed by atoms with Crippen LogP contribution in [0.15, 0.2) is 39.8 Å². The van der Waals surface area contributed by atoms with Gasteiger partial charge in [-0.15, -0.1) is 0 Å². The molecule has 1 aliphatic rings. The van der Waals surface area contributed by atoms with Crippen LogP contribution in [0.25, 0.3) is 11.1 Å². The van der Waals surface area contributed by atoms with Gasteiger partial charge in [-0.3, -0.25) is 0 Å². The molecule has 2 aromatic rings. The van der Waals surface area contributed by atoms with Gasteiger partial charge in [0.15, 0.2) is 0 Å². The monoisotopic (exact) mass is 258 g/mol. The molecule has 0 amide bonds. The van der Waals surface area contributed by atoms with E-state index in [9.17, 15) is 4.79 Å². The van der Waals surface area contributed by atoms with Crippen molar-refractivity contribution in [2.24, 2.45) is 0 Å². The summed E-state index contributed by atoms with van der Waals surface area (Å²) in [5.74, 6) is 0. The number of aromatic nitrogens is 1. The molecule has 4 nitrogen and oxygen atoms in total. The average molecular weight is 258 g/mol. The lowest BCUT2D eigenvalue weighted by atomic mass is 10.1. The minimum atomic E-state index is -0.317. The van der Waals surface area contributed by atoms with Crippen LogP contribution in [0.4, 0.5) is 5.69 Å². The molecular weight excluding hydrogens is 240 g/mol. The zero-order chi connectivity index (χ0) is 13.1. The highest BCUT2D eigenvalue weighted by molar-refractivity contribution is 5.64. The van der Waals surface area contributed by atoms with E-state index in [0.29, 0.717) is 5.56 Å². The number of hydrogen-bond donors (Lipinski definition) is 1. The highest BCUT2D eigenvalue weighted by Crippen LogP contribution is 2.23. The molecule has 0 aliphatic carbocycles. The molecule has 1 aromatic heterocycles. The molecule has 1 aliphatic heterocycles.